The average Bonchev–Trinajstić information content (AvgIpc) is 3.62. The van der Waals surface area contributed by atoms with E-state index in [1.54, 1.807) is 36.9 Å². The number of nitrogens with one attached hydrogen (secondary N) is 3. The minimum absolute atomic E-state index is 0.121. The number of amides is 1. The molecule has 198 valence electrons. The summed E-state index contributed by atoms with van der Waals surface area (Å²) in [5.74, 6) is -0.409. The minimum atomic E-state index is -0.288. The summed E-state index contributed by atoms with van der Waals surface area (Å²) in [7, 11) is 0. The smallest absolute Gasteiger partial charge is 0.228 e. The fraction of sp³-hybridized carbons (Fsp3) is 0.0312. The number of aromatic nitrogens is 6. The van der Waals surface area contributed by atoms with Crippen molar-refractivity contribution < 1.29 is 9.18 Å². The second-order valence-corrected chi connectivity index (χ2v) is 9.68. The van der Waals surface area contributed by atoms with Gasteiger partial charge < -0.3 is 10.3 Å². The lowest BCUT2D eigenvalue weighted by Crippen LogP contribution is -2.14. The van der Waals surface area contributed by atoms with Gasteiger partial charge in [0.15, 0.2) is 0 Å². The highest BCUT2D eigenvalue weighted by atomic mass is 19.1. The van der Waals surface area contributed by atoms with Gasteiger partial charge in [0.2, 0.25) is 5.91 Å². The van der Waals surface area contributed by atoms with Crippen LogP contribution >= 0.6 is 0 Å². The molecule has 7 rings (SSSR count). The van der Waals surface area contributed by atoms with Crippen LogP contribution in [-0.2, 0) is 11.2 Å². The molecule has 0 saturated heterocycles. The maximum atomic E-state index is 13.5. The predicted molar refractivity (Wildman–Crippen MR) is 156 cm³/mol. The molecule has 0 fully saturated rings. The molecule has 8 nitrogen and oxygen atoms in total. The first-order valence-corrected chi connectivity index (χ1v) is 13.0. The van der Waals surface area contributed by atoms with E-state index < -0.39 is 0 Å². The van der Waals surface area contributed by atoms with Crippen LogP contribution in [0.2, 0.25) is 0 Å². The molecule has 0 spiro atoms. The van der Waals surface area contributed by atoms with Crippen molar-refractivity contribution in [1.82, 2.24) is 30.1 Å². The number of fused-ring (bicyclic) bond motifs is 2. The maximum Gasteiger partial charge on any atom is 0.228 e. The number of halogens is 1. The van der Waals surface area contributed by atoms with E-state index in [4.69, 9.17) is 4.98 Å². The number of pyridine rings is 3. The second kappa shape index (κ2) is 10.1. The minimum Gasteiger partial charge on any atom is -0.352 e. The lowest BCUT2D eigenvalue weighted by Gasteiger charge is -2.07. The van der Waals surface area contributed by atoms with Gasteiger partial charge in [-0.05, 0) is 47.5 Å². The van der Waals surface area contributed by atoms with Crippen molar-refractivity contribution in [3.05, 3.63) is 115 Å². The quantitative estimate of drug-likeness (QED) is 0.222. The number of nitrogens with zero attached hydrogens (tertiary/aromatic N) is 4. The highest BCUT2D eigenvalue weighted by Crippen LogP contribution is 2.34. The van der Waals surface area contributed by atoms with E-state index in [9.17, 15) is 9.18 Å². The van der Waals surface area contributed by atoms with Gasteiger partial charge in [0.25, 0.3) is 0 Å². The number of hydrogen-bond acceptors (Lipinski definition) is 5. The zero-order valence-electron chi connectivity index (χ0n) is 21.6. The SMILES string of the molecule is O=C(Cc1ccccc1)Nc1cncc(-c2ccc3[nH]nc(-c4cc5c(-c6ccc(F)cc6)cncc5[nH]4)c3n2)c1. The van der Waals surface area contributed by atoms with Gasteiger partial charge in [-0.2, -0.15) is 5.10 Å². The lowest BCUT2D eigenvalue weighted by atomic mass is 10.0. The predicted octanol–water partition coefficient (Wildman–Crippen LogP) is 6.55. The number of H-pyrrole nitrogens is 2. The maximum absolute atomic E-state index is 13.5. The van der Waals surface area contributed by atoms with Crippen LogP contribution < -0.4 is 5.32 Å². The number of benzene rings is 2. The zero-order chi connectivity index (χ0) is 27.8. The first kappa shape index (κ1) is 24.3. The molecule has 0 radical (unpaired) electrons. The van der Waals surface area contributed by atoms with Gasteiger partial charge in [-0.25, -0.2) is 9.37 Å². The van der Waals surface area contributed by atoms with Crippen molar-refractivity contribution in [3.8, 4) is 33.8 Å². The largest absolute Gasteiger partial charge is 0.352 e. The Morgan fingerprint density at radius 1 is 0.829 bits per heavy atom. The Morgan fingerprint density at radius 3 is 2.51 bits per heavy atom. The third-order valence-corrected chi connectivity index (χ3v) is 6.89. The van der Waals surface area contributed by atoms with E-state index in [1.807, 2.05) is 54.6 Å². The second-order valence-electron chi connectivity index (χ2n) is 9.68. The standard InChI is InChI=1S/C32H22FN7O/c33-22-8-6-20(7-9-22)25-17-35-18-29-24(25)14-28(37-29)32-31-27(39-40-32)11-10-26(38-31)21-13-23(16-34-15-21)36-30(41)12-19-4-2-1-3-5-19/h1-11,13-18,37H,12H2,(H,36,41)(H,39,40). The highest BCUT2D eigenvalue weighted by Gasteiger charge is 2.16. The van der Waals surface area contributed by atoms with Crippen LogP contribution in [0.4, 0.5) is 10.1 Å². The number of carbonyl (C=O) groups is 1. The van der Waals surface area contributed by atoms with Crippen molar-refractivity contribution in [1.29, 1.82) is 0 Å². The van der Waals surface area contributed by atoms with Gasteiger partial charge in [0.1, 0.15) is 17.0 Å². The van der Waals surface area contributed by atoms with Gasteiger partial charge in [0.05, 0.1) is 46.9 Å². The van der Waals surface area contributed by atoms with E-state index in [1.165, 1.54) is 12.1 Å². The summed E-state index contributed by atoms with van der Waals surface area (Å²) in [6, 6.07) is 23.6. The highest BCUT2D eigenvalue weighted by molar-refractivity contribution is 6.00. The summed E-state index contributed by atoms with van der Waals surface area (Å²) in [5.41, 5.74) is 8.45. The summed E-state index contributed by atoms with van der Waals surface area (Å²) < 4.78 is 13.5. The molecular formula is C32H22FN7O. The number of anilines is 1. The van der Waals surface area contributed by atoms with E-state index in [-0.39, 0.29) is 18.1 Å². The van der Waals surface area contributed by atoms with Crippen molar-refractivity contribution in [2.75, 3.05) is 5.32 Å². The number of aromatic amines is 2. The summed E-state index contributed by atoms with van der Waals surface area (Å²) in [6.07, 6.45) is 7.12. The Labute approximate surface area is 233 Å². The van der Waals surface area contributed by atoms with Crippen LogP contribution in [0, 0.1) is 5.82 Å². The van der Waals surface area contributed by atoms with Crippen LogP contribution in [0.5, 0.6) is 0 Å². The molecule has 41 heavy (non-hydrogen) atoms. The molecule has 0 aliphatic heterocycles. The molecule has 9 heteroatoms. The third-order valence-electron chi connectivity index (χ3n) is 6.89. The van der Waals surface area contributed by atoms with Gasteiger partial charge in [-0.15, -0.1) is 0 Å². The van der Waals surface area contributed by atoms with Crippen molar-refractivity contribution in [3.63, 3.8) is 0 Å². The summed E-state index contributed by atoms with van der Waals surface area (Å²) in [5, 5.41) is 11.5. The van der Waals surface area contributed by atoms with E-state index in [2.05, 4.69) is 30.5 Å². The molecule has 1 amide bonds. The Kier molecular flexibility index (Phi) is 6.01. The van der Waals surface area contributed by atoms with Crippen LogP contribution in [0.1, 0.15) is 5.56 Å². The van der Waals surface area contributed by atoms with Crippen molar-refractivity contribution in [2.24, 2.45) is 0 Å². The molecule has 0 saturated carbocycles. The molecule has 5 aromatic heterocycles. The number of hydrogen-bond donors (Lipinski definition) is 3. The van der Waals surface area contributed by atoms with E-state index >= 15 is 0 Å². The van der Waals surface area contributed by atoms with Crippen molar-refractivity contribution in [2.45, 2.75) is 6.42 Å². The monoisotopic (exact) mass is 539 g/mol. The Bertz CT molecular complexity index is 2030. The molecule has 0 aliphatic rings. The van der Waals surface area contributed by atoms with Gasteiger partial charge >= 0.3 is 0 Å². The fourth-order valence-corrected chi connectivity index (χ4v) is 4.92. The summed E-state index contributed by atoms with van der Waals surface area (Å²) in [6.45, 7) is 0. The fourth-order valence-electron chi connectivity index (χ4n) is 4.92. The molecular weight excluding hydrogens is 517 g/mol. The first-order chi connectivity index (χ1) is 20.1. The number of carbonyl (C=O) groups excluding carboxylic acids is 1. The normalized spacial score (nSPS) is 11.2. The van der Waals surface area contributed by atoms with Gasteiger partial charge in [-0.3, -0.25) is 19.9 Å². The van der Waals surface area contributed by atoms with Crippen LogP contribution in [-0.4, -0.2) is 36.0 Å². The third kappa shape index (κ3) is 4.80. The Balaban J connectivity index is 1.21. The Morgan fingerprint density at radius 2 is 1.66 bits per heavy atom. The lowest BCUT2D eigenvalue weighted by molar-refractivity contribution is -0.115. The Hall–Kier alpha value is -5.70. The topological polar surface area (TPSA) is 112 Å². The molecule has 0 bridgehead atoms. The average molecular weight is 540 g/mol. The van der Waals surface area contributed by atoms with E-state index in [0.717, 1.165) is 44.4 Å². The van der Waals surface area contributed by atoms with Gasteiger partial charge in [0, 0.05) is 28.9 Å². The molecule has 5 heterocycles. The van der Waals surface area contributed by atoms with Crippen LogP contribution in [0.25, 0.3) is 55.7 Å². The zero-order valence-corrected chi connectivity index (χ0v) is 21.6. The van der Waals surface area contributed by atoms with Gasteiger partial charge in [-0.1, -0.05) is 42.5 Å². The molecule has 7 aromatic rings. The molecule has 0 unspecified atom stereocenters. The molecule has 3 N–H and O–H groups in total. The first-order valence-electron chi connectivity index (χ1n) is 13.0. The number of rotatable bonds is 6. The molecule has 0 aliphatic carbocycles. The van der Waals surface area contributed by atoms with Crippen molar-refractivity contribution >= 4 is 33.5 Å². The van der Waals surface area contributed by atoms with E-state index in [0.29, 0.717) is 22.6 Å². The van der Waals surface area contributed by atoms with Crippen LogP contribution in [0.15, 0.2) is 104 Å². The van der Waals surface area contributed by atoms with Crippen LogP contribution in [0.3, 0.4) is 0 Å². The summed E-state index contributed by atoms with van der Waals surface area (Å²) >= 11 is 0. The molecule has 2 aromatic carbocycles. The molecule has 0 atom stereocenters. The summed E-state index contributed by atoms with van der Waals surface area (Å²) in [4.78, 5) is 29.6.